The Hall–Kier alpha value is -3.59. The molecular weight excluding hydrogens is 395 g/mol. The molecule has 0 spiro atoms. The third-order valence-corrected chi connectivity index (χ3v) is 6.35. The number of allylic oxidation sites excluding steroid dienone is 1. The van der Waals surface area contributed by atoms with Gasteiger partial charge in [0.05, 0.1) is 11.4 Å². The Morgan fingerprint density at radius 3 is 2.62 bits per heavy atom. The topological polar surface area (TPSA) is 98.4 Å². The SMILES string of the molecule is C=CC[n+]1c(N)c(S(=O)(=O)c2ccc(F)cc2)cc2c(=O)n3ccccc3nc21. The highest BCUT2D eigenvalue weighted by Crippen LogP contribution is 2.26. The monoisotopic (exact) mass is 411 g/mol. The third-order valence-electron chi connectivity index (χ3n) is 4.55. The second kappa shape index (κ2) is 6.78. The number of nitrogens with zero attached hydrogens (tertiary/aromatic N) is 3. The van der Waals surface area contributed by atoms with Crippen LogP contribution in [0.5, 0.6) is 0 Å². The first kappa shape index (κ1) is 18.8. The van der Waals surface area contributed by atoms with Gasteiger partial charge in [0.1, 0.15) is 16.1 Å². The van der Waals surface area contributed by atoms with Crippen molar-refractivity contribution in [2.24, 2.45) is 0 Å². The second-order valence-corrected chi connectivity index (χ2v) is 8.25. The number of anilines is 1. The lowest BCUT2D eigenvalue weighted by Crippen LogP contribution is -2.41. The van der Waals surface area contributed by atoms with Gasteiger partial charge in [0.15, 0.2) is 0 Å². The summed E-state index contributed by atoms with van der Waals surface area (Å²) in [5, 5.41) is 0.0884. The average Bonchev–Trinajstić information content (AvgIpc) is 2.70. The zero-order valence-corrected chi connectivity index (χ0v) is 15.9. The number of pyridine rings is 2. The molecule has 9 heteroatoms. The quantitative estimate of drug-likeness (QED) is 0.239. The van der Waals surface area contributed by atoms with Gasteiger partial charge in [-0.2, -0.15) is 0 Å². The number of rotatable bonds is 4. The summed E-state index contributed by atoms with van der Waals surface area (Å²) in [6, 6.07) is 10.7. The molecule has 4 rings (SSSR count). The molecule has 2 N–H and O–H groups in total. The van der Waals surface area contributed by atoms with Gasteiger partial charge >= 0.3 is 0 Å². The maximum atomic E-state index is 13.2. The van der Waals surface area contributed by atoms with Gasteiger partial charge in [0.25, 0.3) is 11.2 Å². The first-order chi connectivity index (χ1) is 13.8. The Balaban J connectivity index is 2.13. The van der Waals surface area contributed by atoms with Gasteiger partial charge in [-0.15, -0.1) is 0 Å². The number of fused-ring (bicyclic) bond motifs is 2. The second-order valence-electron chi connectivity index (χ2n) is 6.33. The van der Waals surface area contributed by atoms with Gasteiger partial charge in [-0.05, 0) is 42.5 Å². The summed E-state index contributed by atoms with van der Waals surface area (Å²) in [5.41, 5.74) is 6.41. The number of nitrogen functional groups attached to an aromatic ring is 1. The average molecular weight is 411 g/mol. The molecule has 0 atom stereocenters. The van der Waals surface area contributed by atoms with Crippen LogP contribution in [0, 0.1) is 5.82 Å². The summed E-state index contributed by atoms with van der Waals surface area (Å²) in [7, 11) is -4.11. The molecule has 1 aromatic carbocycles. The number of sulfone groups is 1. The van der Waals surface area contributed by atoms with Crippen molar-refractivity contribution in [3.8, 4) is 0 Å². The van der Waals surface area contributed by atoms with Crippen molar-refractivity contribution >= 4 is 32.3 Å². The highest BCUT2D eigenvalue weighted by atomic mass is 32.2. The minimum absolute atomic E-state index is 0.0884. The molecule has 0 aliphatic carbocycles. The maximum Gasteiger partial charge on any atom is 0.278 e. The van der Waals surface area contributed by atoms with E-state index in [1.807, 2.05) is 0 Å². The fraction of sp³-hybridized carbons (Fsp3) is 0.0500. The molecule has 146 valence electrons. The number of hydrogen-bond donors (Lipinski definition) is 1. The molecule has 3 heterocycles. The molecule has 0 fully saturated rings. The Morgan fingerprint density at radius 2 is 1.93 bits per heavy atom. The van der Waals surface area contributed by atoms with Gasteiger partial charge in [-0.3, -0.25) is 9.20 Å². The standard InChI is InChI=1S/C20H15FN4O3S/c1-2-10-25-18(22)16(29(27,28)14-8-6-13(21)7-9-14)12-15-19(25)23-17-5-3-4-11-24(17)20(15)26/h2-9,11-12,22H,1,10H2/p+1. The molecule has 0 aliphatic heterocycles. The highest BCUT2D eigenvalue weighted by molar-refractivity contribution is 7.91. The molecule has 7 nitrogen and oxygen atoms in total. The van der Waals surface area contributed by atoms with Gasteiger partial charge in [0, 0.05) is 6.20 Å². The minimum atomic E-state index is -4.11. The number of aromatic nitrogens is 3. The molecule has 3 aromatic heterocycles. The highest BCUT2D eigenvalue weighted by Gasteiger charge is 2.29. The van der Waals surface area contributed by atoms with Crippen LogP contribution >= 0.6 is 0 Å². The molecule has 0 bridgehead atoms. The first-order valence-corrected chi connectivity index (χ1v) is 10.1. The van der Waals surface area contributed by atoms with E-state index in [-0.39, 0.29) is 33.2 Å². The Morgan fingerprint density at radius 1 is 1.21 bits per heavy atom. The van der Waals surface area contributed by atoms with Crippen molar-refractivity contribution in [1.29, 1.82) is 0 Å². The van der Waals surface area contributed by atoms with Gasteiger partial charge in [-0.1, -0.05) is 23.7 Å². The number of halogens is 1. The van der Waals surface area contributed by atoms with Crippen LogP contribution in [0.1, 0.15) is 0 Å². The van der Waals surface area contributed by atoms with Gasteiger partial charge < -0.3 is 5.73 Å². The van der Waals surface area contributed by atoms with Crippen LogP contribution in [0.15, 0.2) is 82.0 Å². The van der Waals surface area contributed by atoms with Crippen LogP contribution in [0.3, 0.4) is 0 Å². The predicted octanol–water partition coefficient (Wildman–Crippen LogP) is 1.88. The summed E-state index contributed by atoms with van der Waals surface area (Å²) in [6.45, 7) is 3.81. The third kappa shape index (κ3) is 2.95. The van der Waals surface area contributed by atoms with E-state index in [9.17, 15) is 17.6 Å². The molecule has 0 saturated heterocycles. The van der Waals surface area contributed by atoms with Crippen LogP contribution in [0.25, 0.3) is 16.7 Å². The Labute approximate surface area is 165 Å². The summed E-state index contributed by atoms with van der Waals surface area (Å²) in [5.74, 6) is -0.653. The fourth-order valence-corrected chi connectivity index (χ4v) is 4.55. The largest absolute Gasteiger partial charge is 0.317 e. The van der Waals surface area contributed by atoms with E-state index in [0.29, 0.717) is 5.65 Å². The molecular formula is C20H16FN4O3S+. The number of benzene rings is 1. The summed E-state index contributed by atoms with van der Waals surface area (Å²) in [4.78, 5) is 17.1. The molecule has 0 saturated carbocycles. The zero-order valence-electron chi connectivity index (χ0n) is 15.1. The van der Waals surface area contributed by atoms with Crippen LogP contribution in [-0.4, -0.2) is 17.8 Å². The number of nitrogens with two attached hydrogens (primary N) is 1. The summed E-state index contributed by atoms with van der Waals surface area (Å²) >= 11 is 0. The van der Waals surface area contributed by atoms with Crippen LogP contribution in [0.4, 0.5) is 10.2 Å². The summed E-state index contributed by atoms with van der Waals surface area (Å²) < 4.78 is 42.3. The van der Waals surface area contributed by atoms with E-state index in [1.165, 1.54) is 21.1 Å². The lowest BCUT2D eigenvalue weighted by molar-refractivity contribution is -0.649. The van der Waals surface area contributed by atoms with Crippen LogP contribution < -0.4 is 15.9 Å². The van der Waals surface area contributed by atoms with Gasteiger partial charge in [-0.25, -0.2) is 17.4 Å². The van der Waals surface area contributed by atoms with Crippen molar-refractivity contribution in [2.45, 2.75) is 16.3 Å². The first-order valence-electron chi connectivity index (χ1n) is 8.59. The van der Waals surface area contributed by atoms with Crippen LogP contribution in [-0.2, 0) is 16.4 Å². The number of hydrogen-bond acceptors (Lipinski definition) is 5. The van der Waals surface area contributed by atoms with Crippen molar-refractivity contribution in [2.75, 3.05) is 5.73 Å². The smallest absolute Gasteiger partial charge is 0.278 e. The van der Waals surface area contributed by atoms with Crippen molar-refractivity contribution in [3.05, 3.63) is 83.6 Å². The van der Waals surface area contributed by atoms with Crippen LogP contribution in [0.2, 0.25) is 0 Å². The van der Waals surface area contributed by atoms with E-state index >= 15 is 0 Å². The van der Waals surface area contributed by atoms with E-state index in [0.717, 1.165) is 24.3 Å². The molecule has 29 heavy (non-hydrogen) atoms. The Kier molecular flexibility index (Phi) is 4.39. The lowest BCUT2D eigenvalue weighted by Gasteiger charge is -2.11. The van der Waals surface area contributed by atoms with Crippen molar-refractivity contribution < 1.29 is 17.4 Å². The van der Waals surface area contributed by atoms with E-state index < -0.39 is 21.2 Å². The maximum absolute atomic E-state index is 13.2. The van der Waals surface area contributed by atoms with E-state index in [4.69, 9.17) is 5.73 Å². The lowest BCUT2D eigenvalue weighted by atomic mass is 10.3. The normalized spacial score (nSPS) is 11.8. The molecule has 0 amide bonds. The molecule has 0 unspecified atom stereocenters. The molecule has 4 aromatic rings. The fourth-order valence-electron chi connectivity index (χ4n) is 3.15. The van der Waals surface area contributed by atoms with E-state index in [1.54, 1.807) is 24.4 Å². The Bertz CT molecular complexity index is 1450. The zero-order chi connectivity index (χ0) is 20.8. The predicted molar refractivity (Wildman–Crippen MR) is 106 cm³/mol. The summed E-state index contributed by atoms with van der Waals surface area (Å²) in [6.07, 6.45) is 3.07. The van der Waals surface area contributed by atoms with Crippen molar-refractivity contribution in [3.63, 3.8) is 0 Å². The van der Waals surface area contributed by atoms with Crippen molar-refractivity contribution in [1.82, 2.24) is 9.38 Å². The molecule has 0 radical (unpaired) electrons. The minimum Gasteiger partial charge on any atom is -0.317 e. The van der Waals surface area contributed by atoms with Gasteiger partial charge in [0.2, 0.25) is 21.3 Å². The van der Waals surface area contributed by atoms with E-state index in [2.05, 4.69) is 11.6 Å². The molecule has 0 aliphatic rings.